The summed E-state index contributed by atoms with van der Waals surface area (Å²) in [4.78, 5) is 6.75. The van der Waals surface area contributed by atoms with Crippen LogP contribution in [0, 0.1) is 5.82 Å². The van der Waals surface area contributed by atoms with Crippen LogP contribution >= 0.6 is 0 Å². The molecule has 0 radical (unpaired) electrons. The first-order chi connectivity index (χ1) is 13.2. The number of nitrogens with two attached hydrogens (primary N) is 1. The summed E-state index contributed by atoms with van der Waals surface area (Å²) < 4.78 is 20.1. The van der Waals surface area contributed by atoms with Gasteiger partial charge in [0.2, 0.25) is 0 Å². The molecule has 3 rings (SSSR count). The molecule has 0 amide bonds. The van der Waals surface area contributed by atoms with E-state index in [4.69, 9.17) is 10.5 Å². The Hall–Kier alpha value is -2.45. The van der Waals surface area contributed by atoms with E-state index in [2.05, 4.69) is 20.3 Å². The van der Waals surface area contributed by atoms with Gasteiger partial charge in [0, 0.05) is 45.3 Å². The molecule has 0 bridgehead atoms. The number of benzene rings is 1. The summed E-state index contributed by atoms with van der Waals surface area (Å²) in [5, 5.41) is 7.61. The molecule has 8 heteroatoms. The highest BCUT2D eigenvalue weighted by molar-refractivity contribution is 5.77. The Labute approximate surface area is 159 Å². The van der Waals surface area contributed by atoms with E-state index in [9.17, 15) is 4.39 Å². The molecule has 2 aromatic rings. The predicted molar refractivity (Wildman–Crippen MR) is 104 cm³/mol. The fourth-order valence-corrected chi connectivity index (χ4v) is 2.93. The molecule has 1 fully saturated rings. The summed E-state index contributed by atoms with van der Waals surface area (Å²) in [6.07, 6.45) is 3.59. The van der Waals surface area contributed by atoms with Crippen LogP contribution in [0.25, 0.3) is 5.69 Å². The molecule has 0 saturated carbocycles. The van der Waals surface area contributed by atoms with Crippen LogP contribution in [-0.2, 0) is 11.2 Å². The maximum atomic E-state index is 13.0. The van der Waals surface area contributed by atoms with Crippen molar-refractivity contribution in [3.05, 3.63) is 48.0 Å². The minimum Gasteiger partial charge on any atom is -0.379 e. The Bertz CT molecular complexity index is 724. The molecule has 0 unspecified atom stereocenters. The van der Waals surface area contributed by atoms with Crippen molar-refractivity contribution in [2.24, 2.45) is 10.7 Å². The van der Waals surface area contributed by atoms with Gasteiger partial charge in [-0.15, -0.1) is 0 Å². The molecular weight excluding hydrogens is 347 g/mol. The van der Waals surface area contributed by atoms with E-state index in [0.29, 0.717) is 12.5 Å². The maximum absolute atomic E-state index is 13.0. The van der Waals surface area contributed by atoms with Gasteiger partial charge in [0.05, 0.1) is 24.6 Å². The van der Waals surface area contributed by atoms with Crippen LogP contribution in [0.3, 0.4) is 0 Å². The van der Waals surface area contributed by atoms with Gasteiger partial charge in [-0.1, -0.05) is 0 Å². The van der Waals surface area contributed by atoms with Crippen molar-refractivity contribution in [3.8, 4) is 5.69 Å². The van der Waals surface area contributed by atoms with Crippen LogP contribution in [-0.4, -0.2) is 66.6 Å². The Morgan fingerprint density at radius 3 is 2.78 bits per heavy atom. The summed E-state index contributed by atoms with van der Waals surface area (Å²) in [6, 6.07) is 8.20. The zero-order valence-electron chi connectivity index (χ0n) is 15.5. The van der Waals surface area contributed by atoms with Crippen molar-refractivity contribution in [3.63, 3.8) is 0 Å². The number of morpholine rings is 1. The van der Waals surface area contributed by atoms with Gasteiger partial charge >= 0.3 is 0 Å². The molecule has 0 spiro atoms. The number of nitrogens with zero attached hydrogens (tertiary/aromatic N) is 4. The average Bonchev–Trinajstić information content (AvgIpc) is 3.15. The molecule has 0 atom stereocenters. The minimum atomic E-state index is -0.255. The molecule has 146 valence electrons. The van der Waals surface area contributed by atoms with Gasteiger partial charge in [0.1, 0.15) is 5.82 Å². The summed E-state index contributed by atoms with van der Waals surface area (Å²) in [7, 11) is 0. The molecule has 0 aliphatic carbocycles. The second kappa shape index (κ2) is 10.0. The molecule has 1 saturated heterocycles. The number of aromatic nitrogens is 2. The van der Waals surface area contributed by atoms with Crippen molar-refractivity contribution in [1.29, 1.82) is 0 Å². The standard InChI is InChI=1S/C19H27FN6O/c20-16-2-4-18(5-3-16)26-11-7-17(24-26)6-9-23-19(21)22-8-1-10-25-12-14-27-15-13-25/h2-5,7,11H,1,6,8-10,12-15H2,(H3,21,22,23). The summed E-state index contributed by atoms with van der Waals surface area (Å²) >= 11 is 0. The number of ether oxygens (including phenoxy) is 1. The molecule has 1 aliphatic heterocycles. The lowest BCUT2D eigenvalue weighted by molar-refractivity contribution is 0.0377. The van der Waals surface area contributed by atoms with E-state index < -0.39 is 0 Å². The lowest BCUT2D eigenvalue weighted by atomic mass is 10.3. The lowest BCUT2D eigenvalue weighted by Crippen LogP contribution is -2.37. The number of hydrogen-bond donors (Lipinski definition) is 2. The summed E-state index contributed by atoms with van der Waals surface area (Å²) in [5.41, 5.74) is 7.68. The number of nitrogens with one attached hydrogen (secondary N) is 1. The molecule has 2 heterocycles. The molecule has 7 nitrogen and oxygen atoms in total. The number of guanidine groups is 1. The van der Waals surface area contributed by atoms with Gasteiger partial charge < -0.3 is 15.8 Å². The highest BCUT2D eigenvalue weighted by atomic mass is 19.1. The maximum Gasteiger partial charge on any atom is 0.188 e. The first kappa shape index (κ1) is 19.3. The highest BCUT2D eigenvalue weighted by Crippen LogP contribution is 2.09. The Morgan fingerprint density at radius 2 is 2.00 bits per heavy atom. The van der Waals surface area contributed by atoms with E-state index in [0.717, 1.165) is 63.6 Å². The second-order valence-corrected chi connectivity index (χ2v) is 6.48. The lowest BCUT2D eigenvalue weighted by Gasteiger charge is -2.26. The van der Waals surface area contributed by atoms with E-state index in [1.807, 2.05) is 12.3 Å². The Balaban J connectivity index is 1.34. The molecule has 3 N–H and O–H groups in total. The van der Waals surface area contributed by atoms with Gasteiger partial charge in [0.25, 0.3) is 0 Å². The Morgan fingerprint density at radius 1 is 1.22 bits per heavy atom. The number of rotatable bonds is 8. The monoisotopic (exact) mass is 374 g/mol. The van der Waals surface area contributed by atoms with Crippen LogP contribution in [0.5, 0.6) is 0 Å². The van der Waals surface area contributed by atoms with Crippen LogP contribution in [0.15, 0.2) is 41.5 Å². The number of hydrogen-bond acceptors (Lipinski definition) is 4. The van der Waals surface area contributed by atoms with Gasteiger partial charge in [-0.2, -0.15) is 5.10 Å². The minimum absolute atomic E-state index is 0.255. The molecule has 1 aromatic heterocycles. The van der Waals surface area contributed by atoms with E-state index in [-0.39, 0.29) is 5.82 Å². The zero-order valence-corrected chi connectivity index (χ0v) is 15.5. The molecule has 1 aliphatic rings. The van der Waals surface area contributed by atoms with Crippen LogP contribution < -0.4 is 11.1 Å². The van der Waals surface area contributed by atoms with Crippen molar-refractivity contribution in [2.45, 2.75) is 12.8 Å². The quantitative estimate of drug-likeness (QED) is 0.412. The van der Waals surface area contributed by atoms with Crippen LogP contribution in [0.4, 0.5) is 4.39 Å². The van der Waals surface area contributed by atoms with Crippen molar-refractivity contribution < 1.29 is 9.13 Å². The average molecular weight is 374 g/mol. The van der Waals surface area contributed by atoms with Gasteiger partial charge in [-0.3, -0.25) is 9.89 Å². The summed E-state index contributed by atoms with van der Waals surface area (Å²) in [5.74, 6) is 0.213. The van der Waals surface area contributed by atoms with Gasteiger partial charge in [0.15, 0.2) is 5.96 Å². The molecule has 27 heavy (non-hydrogen) atoms. The highest BCUT2D eigenvalue weighted by Gasteiger charge is 2.08. The largest absolute Gasteiger partial charge is 0.379 e. The fourth-order valence-electron chi connectivity index (χ4n) is 2.93. The normalized spacial score (nSPS) is 15.8. The molecular formula is C19H27FN6O. The first-order valence-corrected chi connectivity index (χ1v) is 9.35. The SMILES string of the molecule is NC(=NCCCN1CCOCC1)NCCc1ccn(-c2ccc(F)cc2)n1. The predicted octanol–water partition coefficient (Wildman–Crippen LogP) is 1.18. The van der Waals surface area contributed by atoms with Gasteiger partial charge in [-0.05, 0) is 36.8 Å². The smallest absolute Gasteiger partial charge is 0.188 e. The van der Waals surface area contributed by atoms with Crippen LogP contribution in [0.1, 0.15) is 12.1 Å². The second-order valence-electron chi connectivity index (χ2n) is 6.48. The van der Waals surface area contributed by atoms with Crippen LogP contribution in [0.2, 0.25) is 0 Å². The molecule has 1 aromatic carbocycles. The van der Waals surface area contributed by atoms with Crippen molar-refractivity contribution >= 4 is 5.96 Å². The van der Waals surface area contributed by atoms with Crippen molar-refractivity contribution in [1.82, 2.24) is 20.0 Å². The van der Waals surface area contributed by atoms with Gasteiger partial charge in [-0.25, -0.2) is 9.07 Å². The Kier molecular flexibility index (Phi) is 7.18. The zero-order chi connectivity index (χ0) is 18.9. The van der Waals surface area contributed by atoms with E-state index in [1.165, 1.54) is 12.1 Å². The third-order valence-electron chi connectivity index (χ3n) is 4.44. The third kappa shape index (κ3) is 6.33. The third-order valence-corrected chi connectivity index (χ3v) is 4.44. The van der Waals surface area contributed by atoms with Crippen molar-refractivity contribution in [2.75, 3.05) is 45.9 Å². The fraction of sp³-hybridized carbons (Fsp3) is 0.474. The number of aliphatic imine (C=N–C) groups is 1. The van der Waals surface area contributed by atoms with E-state index in [1.54, 1.807) is 16.8 Å². The first-order valence-electron chi connectivity index (χ1n) is 9.35. The number of halogens is 1. The topological polar surface area (TPSA) is 80.7 Å². The summed E-state index contributed by atoms with van der Waals surface area (Å²) in [6.45, 7) is 6.06. The van der Waals surface area contributed by atoms with E-state index >= 15 is 0 Å².